The number of hydrogen-bond acceptors (Lipinski definition) is 4. The molecule has 0 bridgehead atoms. The van der Waals surface area contributed by atoms with E-state index in [1.807, 2.05) is 0 Å². The Hall–Kier alpha value is -0.650. The smallest absolute Gasteiger partial charge is 0.235 e. The second-order valence-corrected chi connectivity index (χ2v) is 5.06. The highest BCUT2D eigenvalue weighted by molar-refractivity contribution is 5.80. The monoisotopic (exact) mass is 241 g/mol. The molecule has 5 heteroatoms. The Morgan fingerprint density at radius 2 is 2.35 bits per heavy atom. The lowest BCUT2D eigenvalue weighted by Gasteiger charge is -2.34. The predicted molar refractivity (Wildman–Crippen MR) is 65.6 cm³/mol. The first-order chi connectivity index (χ1) is 8.19. The molecule has 2 atom stereocenters. The van der Waals surface area contributed by atoms with Crippen molar-refractivity contribution in [2.75, 3.05) is 26.2 Å². The summed E-state index contributed by atoms with van der Waals surface area (Å²) in [6, 6.07) is 0.300. The van der Waals surface area contributed by atoms with Crippen molar-refractivity contribution < 1.29 is 9.53 Å². The third-order valence-electron chi connectivity index (χ3n) is 3.48. The van der Waals surface area contributed by atoms with Crippen LogP contribution in [0.25, 0.3) is 0 Å². The maximum atomic E-state index is 11.4. The molecule has 0 aromatic heterocycles. The third kappa shape index (κ3) is 3.94. The van der Waals surface area contributed by atoms with E-state index in [0.717, 1.165) is 26.1 Å². The minimum Gasteiger partial charge on any atom is -0.376 e. The van der Waals surface area contributed by atoms with E-state index in [9.17, 15) is 4.79 Å². The van der Waals surface area contributed by atoms with Gasteiger partial charge in [0.2, 0.25) is 5.91 Å². The number of carbonyl (C=O) groups excluding carboxylic acids is 1. The standard InChI is InChI=1S/C12H23N3O2/c1-2-10-7-15(5-6-17-10)8-11(12(13)16)14-9-3-4-9/h9-11,14H,2-8H2,1H3,(H2,13,16). The summed E-state index contributed by atoms with van der Waals surface area (Å²) >= 11 is 0. The quantitative estimate of drug-likeness (QED) is 0.670. The minimum absolute atomic E-state index is 0.210. The number of ether oxygens (including phenoxy) is 1. The van der Waals surface area contributed by atoms with E-state index in [1.54, 1.807) is 0 Å². The lowest BCUT2D eigenvalue weighted by Crippen LogP contribution is -2.53. The summed E-state index contributed by atoms with van der Waals surface area (Å²) in [5.74, 6) is -0.239. The summed E-state index contributed by atoms with van der Waals surface area (Å²) in [4.78, 5) is 13.7. The summed E-state index contributed by atoms with van der Waals surface area (Å²) in [5.41, 5.74) is 5.44. The number of amides is 1. The first-order valence-corrected chi connectivity index (χ1v) is 6.58. The molecule has 0 spiro atoms. The van der Waals surface area contributed by atoms with Crippen LogP contribution in [0.3, 0.4) is 0 Å². The molecule has 5 nitrogen and oxygen atoms in total. The van der Waals surface area contributed by atoms with Crippen molar-refractivity contribution in [2.45, 2.75) is 44.4 Å². The molecule has 2 fully saturated rings. The van der Waals surface area contributed by atoms with Gasteiger partial charge in [-0.3, -0.25) is 9.69 Å². The van der Waals surface area contributed by atoms with Crippen LogP contribution in [-0.2, 0) is 9.53 Å². The molecule has 1 aliphatic heterocycles. The Balaban J connectivity index is 1.81. The van der Waals surface area contributed by atoms with Gasteiger partial charge in [0.05, 0.1) is 18.8 Å². The van der Waals surface area contributed by atoms with E-state index in [-0.39, 0.29) is 11.9 Å². The van der Waals surface area contributed by atoms with Crippen LogP contribution in [0.15, 0.2) is 0 Å². The fourth-order valence-electron chi connectivity index (χ4n) is 2.21. The number of carbonyl (C=O) groups is 1. The van der Waals surface area contributed by atoms with Crippen molar-refractivity contribution in [1.29, 1.82) is 0 Å². The largest absolute Gasteiger partial charge is 0.376 e. The third-order valence-corrected chi connectivity index (χ3v) is 3.48. The summed E-state index contributed by atoms with van der Waals surface area (Å²) in [6.07, 6.45) is 3.67. The molecule has 1 saturated carbocycles. The van der Waals surface area contributed by atoms with E-state index in [0.29, 0.717) is 18.7 Å². The van der Waals surface area contributed by atoms with Gasteiger partial charge < -0.3 is 15.8 Å². The molecule has 1 heterocycles. The van der Waals surface area contributed by atoms with Crippen molar-refractivity contribution in [2.24, 2.45) is 5.73 Å². The van der Waals surface area contributed by atoms with Crippen LogP contribution >= 0.6 is 0 Å². The molecule has 1 amide bonds. The Morgan fingerprint density at radius 1 is 1.59 bits per heavy atom. The Kier molecular flexibility index (Phi) is 4.36. The van der Waals surface area contributed by atoms with Crippen LogP contribution in [0, 0.1) is 0 Å². The van der Waals surface area contributed by atoms with Gasteiger partial charge in [0.15, 0.2) is 0 Å². The number of hydrogen-bond donors (Lipinski definition) is 2. The number of nitrogens with one attached hydrogen (secondary N) is 1. The zero-order valence-corrected chi connectivity index (χ0v) is 10.5. The van der Waals surface area contributed by atoms with Crippen LogP contribution < -0.4 is 11.1 Å². The van der Waals surface area contributed by atoms with Crippen LogP contribution in [-0.4, -0.2) is 55.2 Å². The average Bonchev–Trinajstić information content (AvgIpc) is 3.12. The summed E-state index contributed by atoms with van der Waals surface area (Å²) in [5, 5.41) is 3.31. The highest BCUT2D eigenvalue weighted by Gasteiger charge is 2.29. The molecule has 1 aliphatic carbocycles. The van der Waals surface area contributed by atoms with E-state index < -0.39 is 0 Å². The molecule has 3 N–H and O–H groups in total. The van der Waals surface area contributed by atoms with Gasteiger partial charge in [-0.25, -0.2) is 0 Å². The number of morpholine rings is 1. The maximum Gasteiger partial charge on any atom is 0.235 e. The summed E-state index contributed by atoms with van der Waals surface area (Å²) in [7, 11) is 0. The zero-order valence-electron chi connectivity index (χ0n) is 10.5. The van der Waals surface area contributed by atoms with Gasteiger partial charge in [0.1, 0.15) is 0 Å². The number of rotatable bonds is 6. The lowest BCUT2D eigenvalue weighted by molar-refractivity contribution is -0.121. The van der Waals surface area contributed by atoms with Gasteiger partial charge in [-0.2, -0.15) is 0 Å². The van der Waals surface area contributed by atoms with E-state index in [1.165, 1.54) is 12.8 Å². The first-order valence-electron chi connectivity index (χ1n) is 6.58. The molecule has 2 aliphatic rings. The second-order valence-electron chi connectivity index (χ2n) is 5.06. The highest BCUT2D eigenvalue weighted by Crippen LogP contribution is 2.19. The molecule has 2 unspecified atom stereocenters. The fraction of sp³-hybridized carbons (Fsp3) is 0.917. The molecule has 0 radical (unpaired) electrons. The Bertz CT molecular complexity index is 268. The first kappa shape index (κ1) is 12.8. The van der Waals surface area contributed by atoms with Crippen LogP contribution in [0.5, 0.6) is 0 Å². The Morgan fingerprint density at radius 3 is 2.94 bits per heavy atom. The maximum absolute atomic E-state index is 11.4. The molecular formula is C12H23N3O2. The van der Waals surface area contributed by atoms with Crippen molar-refractivity contribution in [3.8, 4) is 0 Å². The van der Waals surface area contributed by atoms with Gasteiger partial charge >= 0.3 is 0 Å². The van der Waals surface area contributed by atoms with Gasteiger partial charge in [-0.05, 0) is 19.3 Å². The zero-order chi connectivity index (χ0) is 12.3. The van der Waals surface area contributed by atoms with Crippen molar-refractivity contribution in [3.05, 3.63) is 0 Å². The van der Waals surface area contributed by atoms with Gasteiger partial charge in [-0.15, -0.1) is 0 Å². The van der Waals surface area contributed by atoms with Crippen molar-refractivity contribution >= 4 is 5.91 Å². The predicted octanol–water partition coefficient (Wildman–Crippen LogP) is -0.297. The SMILES string of the molecule is CCC1CN(CC(NC2CC2)C(N)=O)CCO1. The van der Waals surface area contributed by atoms with E-state index in [4.69, 9.17) is 10.5 Å². The topological polar surface area (TPSA) is 67.6 Å². The number of nitrogens with zero attached hydrogens (tertiary/aromatic N) is 1. The average molecular weight is 241 g/mol. The second kappa shape index (κ2) is 5.80. The fourth-order valence-corrected chi connectivity index (χ4v) is 2.21. The molecule has 98 valence electrons. The molecule has 0 aromatic rings. The summed E-state index contributed by atoms with van der Waals surface area (Å²) in [6.45, 7) is 5.40. The van der Waals surface area contributed by atoms with Crippen molar-refractivity contribution in [3.63, 3.8) is 0 Å². The van der Waals surface area contributed by atoms with E-state index in [2.05, 4.69) is 17.1 Å². The molecule has 0 aromatic carbocycles. The van der Waals surface area contributed by atoms with Crippen molar-refractivity contribution in [1.82, 2.24) is 10.2 Å². The lowest BCUT2D eigenvalue weighted by atomic mass is 10.2. The van der Waals surface area contributed by atoms with Gasteiger partial charge in [0.25, 0.3) is 0 Å². The minimum atomic E-state index is -0.239. The van der Waals surface area contributed by atoms with E-state index >= 15 is 0 Å². The van der Waals surface area contributed by atoms with Crippen LogP contribution in [0.1, 0.15) is 26.2 Å². The Labute approximate surface area is 103 Å². The summed E-state index contributed by atoms with van der Waals surface area (Å²) < 4.78 is 5.61. The highest BCUT2D eigenvalue weighted by atomic mass is 16.5. The molecule has 2 rings (SSSR count). The number of nitrogens with two attached hydrogens (primary N) is 1. The van der Waals surface area contributed by atoms with Gasteiger partial charge in [0, 0.05) is 25.7 Å². The normalized spacial score (nSPS) is 27.9. The van der Waals surface area contributed by atoms with Gasteiger partial charge in [-0.1, -0.05) is 6.92 Å². The van der Waals surface area contributed by atoms with Crippen LogP contribution in [0.2, 0.25) is 0 Å². The number of primary amides is 1. The molecule has 1 saturated heterocycles. The molecular weight excluding hydrogens is 218 g/mol. The van der Waals surface area contributed by atoms with Crippen LogP contribution in [0.4, 0.5) is 0 Å². The molecule has 17 heavy (non-hydrogen) atoms.